The number of benzene rings is 3. The highest BCUT2D eigenvalue weighted by Crippen LogP contribution is 2.52. The maximum absolute atomic E-state index is 13.8. The number of rotatable bonds is 4. The molecule has 2 N–H and O–H groups in total. The van der Waals surface area contributed by atoms with Gasteiger partial charge in [0.05, 0.1) is 13.2 Å². The molecule has 5 rings (SSSR count). The van der Waals surface area contributed by atoms with E-state index < -0.39 is 17.7 Å². The third kappa shape index (κ3) is 3.74. The first-order valence-corrected chi connectivity index (χ1v) is 11.8. The number of carbonyl (C=O) groups is 1. The maximum atomic E-state index is 13.8. The Kier molecular flexibility index (Phi) is 5.80. The van der Waals surface area contributed by atoms with E-state index in [1.54, 1.807) is 48.4 Å². The standard InChI is InChI=1S/C25H21Cl2N3O3S/c1-25-20(23(31)28-16-11-9-14(26)10-12-16)21(18-7-4-8-19(32-2)22(18)33-25)29-24(34)30(25)17-6-3-5-15(27)13-17/h3-13,20-21H,1-2H3,(H,28,31)(H,29,34)/t20-,21-,25-/m1/s1. The zero-order valence-electron chi connectivity index (χ0n) is 18.3. The lowest BCUT2D eigenvalue weighted by atomic mass is 9.78. The third-order valence-electron chi connectivity index (χ3n) is 6.17. The minimum absolute atomic E-state index is 0.231. The van der Waals surface area contributed by atoms with Crippen LogP contribution in [0.15, 0.2) is 66.7 Å². The highest BCUT2D eigenvalue weighted by molar-refractivity contribution is 7.80. The van der Waals surface area contributed by atoms with Gasteiger partial charge < -0.3 is 20.1 Å². The lowest BCUT2D eigenvalue weighted by Gasteiger charge is -2.56. The fourth-order valence-corrected chi connectivity index (χ4v) is 5.41. The molecule has 1 saturated heterocycles. The van der Waals surface area contributed by atoms with Gasteiger partial charge in [0.2, 0.25) is 5.91 Å². The summed E-state index contributed by atoms with van der Waals surface area (Å²) < 4.78 is 12.2. The van der Waals surface area contributed by atoms with E-state index >= 15 is 0 Å². The Balaban J connectivity index is 1.65. The second-order valence-electron chi connectivity index (χ2n) is 8.25. The molecule has 1 fully saturated rings. The Labute approximate surface area is 212 Å². The van der Waals surface area contributed by atoms with Crippen LogP contribution in [0.1, 0.15) is 18.5 Å². The first kappa shape index (κ1) is 22.8. The molecule has 0 spiro atoms. The number of methoxy groups -OCH3 is 1. The number of halogens is 2. The van der Waals surface area contributed by atoms with Gasteiger partial charge in [-0.3, -0.25) is 9.69 Å². The molecule has 2 heterocycles. The highest BCUT2D eigenvalue weighted by atomic mass is 35.5. The molecule has 9 heteroatoms. The third-order valence-corrected chi connectivity index (χ3v) is 6.96. The molecule has 0 radical (unpaired) electrons. The lowest BCUT2D eigenvalue weighted by molar-refractivity contribution is -0.130. The molecule has 3 aromatic rings. The van der Waals surface area contributed by atoms with Gasteiger partial charge in [-0.1, -0.05) is 41.4 Å². The summed E-state index contributed by atoms with van der Waals surface area (Å²) in [5.74, 6) is 0.222. The summed E-state index contributed by atoms with van der Waals surface area (Å²) in [5.41, 5.74) is 0.940. The van der Waals surface area contributed by atoms with Crippen molar-refractivity contribution < 1.29 is 14.3 Å². The predicted octanol–water partition coefficient (Wildman–Crippen LogP) is 5.80. The number of para-hydroxylation sites is 1. The molecule has 34 heavy (non-hydrogen) atoms. The van der Waals surface area contributed by atoms with Gasteiger partial charge in [-0.15, -0.1) is 0 Å². The van der Waals surface area contributed by atoms with Crippen molar-refractivity contribution in [3.63, 3.8) is 0 Å². The Morgan fingerprint density at radius 1 is 1.12 bits per heavy atom. The van der Waals surface area contributed by atoms with Crippen molar-refractivity contribution in [1.82, 2.24) is 5.32 Å². The van der Waals surface area contributed by atoms with E-state index in [2.05, 4.69) is 10.6 Å². The molecule has 3 aromatic carbocycles. The fourth-order valence-electron chi connectivity index (χ4n) is 4.69. The van der Waals surface area contributed by atoms with E-state index in [9.17, 15) is 4.79 Å². The molecule has 1 amide bonds. The second kappa shape index (κ2) is 8.65. The van der Waals surface area contributed by atoms with Crippen molar-refractivity contribution in [2.75, 3.05) is 17.3 Å². The van der Waals surface area contributed by atoms with Gasteiger partial charge in [0.15, 0.2) is 22.3 Å². The van der Waals surface area contributed by atoms with Crippen LogP contribution in [0, 0.1) is 5.92 Å². The summed E-state index contributed by atoms with van der Waals surface area (Å²) in [7, 11) is 1.59. The van der Waals surface area contributed by atoms with Gasteiger partial charge >= 0.3 is 0 Å². The number of hydrogen-bond acceptors (Lipinski definition) is 4. The van der Waals surface area contributed by atoms with Crippen molar-refractivity contribution >= 4 is 57.8 Å². The van der Waals surface area contributed by atoms with E-state index in [1.165, 1.54) is 0 Å². The Morgan fingerprint density at radius 3 is 2.56 bits per heavy atom. The van der Waals surface area contributed by atoms with Crippen molar-refractivity contribution in [2.45, 2.75) is 18.7 Å². The van der Waals surface area contributed by atoms with Gasteiger partial charge in [0.25, 0.3) is 0 Å². The van der Waals surface area contributed by atoms with Crippen LogP contribution in [0.2, 0.25) is 10.0 Å². The van der Waals surface area contributed by atoms with Gasteiger partial charge in [-0.25, -0.2) is 0 Å². The van der Waals surface area contributed by atoms with Crippen LogP contribution in [0.3, 0.4) is 0 Å². The Morgan fingerprint density at radius 2 is 1.85 bits per heavy atom. The number of fused-ring (bicyclic) bond motifs is 4. The second-order valence-corrected chi connectivity index (χ2v) is 9.51. The summed E-state index contributed by atoms with van der Waals surface area (Å²) >= 11 is 18.1. The van der Waals surface area contributed by atoms with E-state index in [-0.39, 0.29) is 5.91 Å². The average molecular weight is 514 g/mol. The molecule has 0 saturated carbocycles. The first-order chi connectivity index (χ1) is 16.3. The number of hydrogen-bond donors (Lipinski definition) is 2. The normalized spacial score (nSPS) is 22.8. The molecule has 0 aliphatic carbocycles. The van der Waals surface area contributed by atoms with Crippen molar-refractivity contribution in [3.05, 3.63) is 82.3 Å². The molecule has 0 unspecified atom stereocenters. The van der Waals surface area contributed by atoms with E-state index in [0.29, 0.717) is 38.0 Å². The summed E-state index contributed by atoms with van der Waals surface area (Å²) in [5, 5.41) is 7.94. The smallest absolute Gasteiger partial charge is 0.236 e. The number of thiocarbonyl (C=S) groups is 1. The van der Waals surface area contributed by atoms with Crippen LogP contribution in [0.5, 0.6) is 11.5 Å². The number of carbonyl (C=O) groups excluding carboxylic acids is 1. The SMILES string of the molecule is COc1cccc2c1O[C@]1(C)[C@@H](C(=O)Nc3ccc(Cl)cc3)[C@@H]2NC(=S)N1c1cccc(Cl)c1. The molecular formula is C25H21Cl2N3O3S. The minimum Gasteiger partial charge on any atom is -0.493 e. The van der Waals surface area contributed by atoms with Crippen molar-refractivity contribution in [1.29, 1.82) is 0 Å². The topological polar surface area (TPSA) is 62.8 Å². The molecular weight excluding hydrogens is 493 g/mol. The summed E-state index contributed by atoms with van der Waals surface area (Å²) in [4.78, 5) is 15.6. The fraction of sp³-hybridized carbons (Fsp3) is 0.200. The highest BCUT2D eigenvalue weighted by Gasteiger charge is 2.59. The maximum Gasteiger partial charge on any atom is 0.236 e. The van der Waals surface area contributed by atoms with Crippen LogP contribution in [0.25, 0.3) is 0 Å². The van der Waals surface area contributed by atoms with Gasteiger partial charge in [0.1, 0.15) is 5.92 Å². The van der Waals surface area contributed by atoms with Gasteiger partial charge in [-0.05, 0) is 67.7 Å². The average Bonchev–Trinajstić information content (AvgIpc) is 2.79. The van der Waals surface area contributed by atoms with Crippen LogP contribution in [-0.4, -0.2) is 23.9 Å². The number of nitrogens with one attached hydrogen (secondary N) is 2. The quantitative estimate of drug-likeness (QED) is 0.429. The van der Waals surface area contributed by atoms with Gasteiger partial charge in [-0.2, -0.15) is 0 Å². The van der Waals surface area contributed by atoms with Crippen molar-refractivity contribution in [3.8, 4) is 11.5 Å². The molecule has 2 aliphatic rings. The summed E-state index contributed by atoms with van der Waals surface area (Å²) in [6.45, 7) is 1.86. The van der Waals surface area contributed by atoms with Gasteiger partial charge in [0, 0.05) is 27.0 Å². The number of anilines is 2. The van der Waals surface area contributed by atoms with E-state index in [1.807, 2.05) is 37.3 Å². The molecule has 6 nitrogen and oxygen atoms in total. The van der Waals surface area contributed by atoms with Crippen molar-refractivity contribution in [2.24, 2.45) is 5.92 Å². The molecule has 174 valence electrons. The molecule has 2 aliphatic heterocycles. The minimum atomic E-state index is -1.18. The zero-order chi connectivity index (χ0) is 24.0. The lowest BCUT2D eigenvalue weighted by Crippen LogP contribution is -2.72. The number of amides is 1. The molecule has 3 atom stereocenters. The van der Waals surface area contributed by atoms with Crippen LogP contribution in [0.4, 0.5) is 11.4 Å². The molecule has 0 aromatic heterocycles. The number of ether oxygens (including phenoxy) is 2. The Bertz CT molecular complexity index is 1290. The largest absolute Gasteiger partial charge is 0.493 e. The monoisotopic (exact) mass is 513 g/mol. The molecule has 2 bridgehead atoms. The first-order valence-electron chi connectivity index (χ1n) is 10.6. The summed E-state index contributed by atoms with van der Waals surface area (Å²) in [6, 6.07) is 19.4. The predicted molar refractivity (Wildman–Crippen MR) is 138 cm³/mol. The Hall–Kier alpha value is -3.00. The van der Waals surface area contributed by atoms with Crippen LogP contribution in [-0.2, 0) is 4.79 Å². The van der Waals surface area contributed by atoms with E-state index in [0.717, 1.165) is 5.56 Å². The number of nitrogens with zero attached hydrogens (tertiary/aromatic N) is 1. The zero-order valence-corrected chi connectivity index (χ0v) is 20.7. The van der Waals surface area contributed by atoms with E-state index in [4.69, 9.17) is 44.9 Å². The van der Waals surface area contributed by atoms with Crippen LogP contribution >= 0.6 is 35.4 Å². The summed E-state index contributed by atoms with van der Waals surface area (Å²) in [6.07, 6.45) is 0. The van der Waals surface area contributed by atoms with Crippen LogP contribution < -0.4 is 25.0 Å².